The molecule has 0 amide bonds. The summed E-state index contributed by atoms with van der Waals surface area (Å²) in [7, 11) is 0. The number of halogens is 1. The Kier molecular flexibility index (Phi) is 3.86. The molecule has 0 bridgehead atoms. The van der Waals surface area contributed by atoms with Crippen LogP contribution in [0.4, 0.5) is 0 Å². The molecular formula is C14H10ClN3O2S2. The second-order valence-electron chi connectivity index (χ2n) is 4.59. The lowest BCUT2D eigenvalue weighted by molar-refractivity contribution is 0.0697. The van der Waals surface area contributed by atoms with Gasteiger partial charge >= 0.3 is 5.97 Å². The monoisotopic (exact) mass is 351 g/mol. The molecule has 3 aromatic rings. The highest BCUT2D eigenvalue weighted by molar-refractivity contribution is 7.71. The van der Waals surface area contributed by atoms with Crippen LogP contribution in [-0.4, -0.2) is 25.8 Å². The highest BCUT2D eigenvalue weighted by Gasteiger charge is 2.16. The van der Waals surface area contributed by atoms with Gasteiger partial charge in [0.25, 0.3) is 0 Å². The van der Waals surface area contributed by atoms with E-state index in [0.717, 1.165) is 10.4 Å². The third-order valence-corrected chi connectivity index (χ3v) is 4.79. The van der Waals surface area contributed by atoms with E-state index in [-0.39, 0.29) is 10.6 Å². The van der Waals surface area contributed by atoms with Gasteiger partial charge in [-0.2, -0.15) is 5.10 Å². The number of H-pyrrole nitrogens is 1. The van der Waals surface area contributed by atoms with Gasteiger partial charge in [-0.15, -0.1) is 11.3 Å². The Bertz CT molecular complexity index is 926. The van der Waals surface area contributed by atoms with Crippen molar-refractivity contribution in [2.24, 2.45) is 0 Å². The zero-order chi connectivity index (χ0) is 15.9. The van der Waals surface area contributed by atoms with Gasteiger partial charge in [0.2, 0.25) is 0 Å². The van der Waals surface area contributed by atoms with E-state index in [2.05, 4.69) is 10.2 Å². The van der Waals surface area contributed by atoms with Crippen LogP contribution in [-0.2, 0) is 0 Å². The van der Waals surface area contributed by atoms with E-state index in [1.165, 1.54) is 6.07 Å². The molecule has 0 atom stereocenters. The minimum atomic E-state index is -1.09. The number of hydrogen-bond acceptors (Lipinski definition) is 4. The number of nitrogens with one attached hydrogen (secondary N) is 1. The molecule has 0 aliphatic heterocycles. The van der Waals surface area contributed by atoms with Crippen LogP contribution in [0, 0.1) is 11.7 Å². The van der Waals surface area contributed by atoms with Crippen LogP contribution in [0.15, 0.2) is 29.6 Å². The number of carboxylic acid groups (broad SMARTS) is 1. The number of aromatic amines is 1. The summed E-state index contributed by atoms with van der Waals surface area (Å²) in [6.45, 7) is 1.98. The first-order chi connectivity index (χ1) is 10.5. The molecule has 0 spiro atoms. The lowest BCUT2D eigenvalue weighted by atomic mass is 10.2. The van der Waals surface area contributed by atoms with Crippen LogP contribution in [0.5, 0.6) is 0 Å². The van der Waals surface area contributed by atoms with Crippen LogP contribution in [0.1, 0.15) is 15.9 Å². The van der Waals surface area contributed by atoms with Crippen molar-refractivity contribution in [3.63, 3.8) is 0 Å². The molecule has 112 valence electrons. The molecule has 2 aromatic heterocycles. The minimum absolute atomic E-state index is 0.0242. The summed E-state index contributed by atoms with van der Waals surface area (Å²) >= 11 is 12.7. The van der Waals surface area contributed by atoms with Gasteiger partial charge in [0.1, 0.15) is 0 Å². The topological polar surface area (TPSA) is 70.9 Å². The van der Waals surface area contributed by atoms with Crippen LogP contribution < -0.4 is 0 Å². The molecule has 22 heavy (non-hydrogen) atoms. The van der Waals surface area contributed by atoms with Gasteiger partial charge in [0, 0.05) is 0 Å². The Hall–Kier alpha value is -1.96. The predicted octanol–water partition coefficient (Wildman–Crippen LogP) is 4.32. The van der Waals surface area contributed by atoms with E-state index in [9.17, 15) is 9.90 Å². The van der Waals surface area contributed by atoms with E-state index in [1.807, 2.05) is 18.4 Å². The maximum atomic E-state index is 11.3. The summed E-state index contributed by atoms with van der Waals surface area (Å²) in [5.74, 6) is -0.438. The van der Waals surface area contributed by atoms with E-state index in [0.29, 0.717) is 16.3 Å². The van der Waals surface area contributed by atoms with Gasteiger partial charge in [-0.3, -0.25) is 9.67 Å². The average Bonchev–Trinajstić information content (AvgIpc) is 3.05. The van der Waals surface area contributed by atoms with Gasteiger partial charge in [0.15, 0.2) is 10.6 Å². The SMILES string of the molecule is Cc1ccsc1-c1n[nH]c(=S)n1-c1ccc(Cl)c(C(=O)O)c1. The fourth-order valence-corrected chi connectivity index (χ4v) is 3.45. The number of aromatic nitrogens is 3. The quantitative estimate of drug-likeness (QED) is 0.689. The van der Waals surface area contributed by atoms with Crippen molar-refractivity contribution in [3.05, 3.63) is 50.6 Å². The summed E-state index contributed by atoms with van der Waals surface area (Å²) < 4.78 is 2.10. The summed E-state index contributed by atoms with van der Waals surface area (Å²) in [6.07, 6.45) is 0. The molecule has 0 aliphatic rings. The second kappa shape index (κ2) is 5.68. The normalized spacial score (nSPS) is 10.8. The number of thiophene rings is 1. The standard InChI is InChI=1S/C14H10ClN3O2S2/c1-7-4-5-22-11(7)12-16-17-14(21)18(12)8-2-3-10(15)9(6-8)13(19)20/h2-6H,1H3,(H,17,21)(H,19,20). The van der Waals surface area contributed by atoms with Crippen molar-refractivity contribution in [2.75, 3.05) is 0 Å². The number of benzene rings is 1. The van der Waals surface area contributed by atoms with E-state index >= 15 is 0 Å². The molecule has 0 unspecified atom stereocenters. The Balaban J connectivity index is 2.24. The number of hydrogen-bond donors (Lipinski definition) is 2. The predicted molar refractivity (Wildman–Crippen MR) is 88.8 cm³/mol. The minimum Gasteiger partial charge on any atom is -0.478 e. The van der Waals surface area contributed by atoms with Gasteiger partial charge < -0.3 is 5.11 Å². The Morgan fingerprint density at radius 1 is 1.45 bits per heavy atom. The second-order valence-corrected chi connectivity index (χ2v) is 6.30. The summed E-state index contributed by atoms with van der Waals surface area (Å²) in [4.78, 5) is 12.2. The van der Waals surface area contributed by atoms with Crippen LogP contribution in [0.25, 0.3) is 16.4 Å². The third-order valence-electron chi connectivity index (χ3n) is 3.18. The molecule has 3 rings (SSSR count). The zero-order valence-electron chi connectivity index (χ0n) is 11.3. The maximum absolute atomic E-state index is 11.3. The summed E-state index contributed by atoms with van der Waals surface area (Å²) in [6, 6.07) is 6.74. The molecule has 0 saturated heterocycles. The fourth-order valence-electron chi connectivity index (χ4n) is 2.11. The molecule has 2 N–H and O–H groups in total. The largest absolute Gasteiger partial charge is 0.478 e. The summed E-state index contributed by atoms with van der Waals surface area (Å²) in [5, 5.41) is 18.4. The maximum Gasteiger partial charge on any atom is 0.337 e. The van der Waals surface area contributed by atoms with Crippen LogP contribution in [0.2, 0.25) is 5.02 Å². The van der Waals surface area contributed by atoms with Crippen LogP contribution in [0.3, 0.4) is 0 Å². The number of carbonyl (C=O) groups is 1. The molecule has 5 nitrogen and oxygen atoms in total. The van der Waals surface area contributed by atoms with Crippen molar-refractivity contribution in [1.82, 2.24) is 14.8 Å². The number of aryl methyl sites for hydroxylation is 1. The lowest BCUT2D eigenvalue weighted by Gasteiger charge is -2.08. The Labute approximate surface area is 139 Å². The number of carboxylic acids is 1. The number of nitrogens with zero attached hydrogens (tertiary/aromatic N) is 2. The average molecular weight is 352 g/mol. The van der Waals surface area contributed by atoms with Gasteiger partial charge in [0.05, 0.1) is 21.2 Å². The van der Waals surface area contributed by atoms with Crippen molar-refractivity contribution in [3.8, 4) is 16.4 Å². The van der Waals surface area contributed by atoms with Crippen LogP contribution >= 0.6 is 35.2 Å². The highest BCUT2D eigenvalue weighted by atomic mass is 35.5. The molecule has 1 aromatic carbocycles. The molecule has 0 aliphatic carbocycles. The van der Waals surface area contributed by atoms with Gasteiger partial charge in [-0.05, 0) is 54.4 Å². The van der Waals surface area contributed by atoms with Crippen molar-refractivity contribution < 1.29 is 9.90 Å². The summed E-state index contributed by atoms with van der Waals surface area (Å²) in [5.41, 5.74) is 1.70. The Morgan fingerprint density at radius 3 is 2.86 bits per heavy atom. The smallest absolute Gasteiger partial charge is 0.337 e. The van der Waals surface area contributed by atoms with E-state index in [4.69, 9.17) is 23.8 Å². The molecule has 0 radical (unpaired) electrons. The first-order valence-corrected chi connectivity index (χ1v) is 7.90. The fraction of sp³-hybridized carbons (Fsp3) is 0.0714. The highest BCUT2D eigenvalue weighted by Crippen LogP contribution is 2.30. The number of rotatable bonds is 3. The molecule has 8 heteroatoms. The van der Waals surface area contributed by atoms with Gasteiger partial charge in [-0.25, -0.2) is 4.79 Å². The first kappa shape index (κ1) is 15.0. The van der Waals surface area contributed by atoms with Gasteiger partial charge in [-0.1, -0.05) is 11.6 Å². The Morgan fingerprint density at radius 2 is 2.23 bits per heavy atom. The van der Waals surface area contributed by atoms with Crippen molar-refractivity contribution in [1.29, 1.82) is 0 Å². The van der Waals surface area contributed by atoms with Crippen molar-refractivity contribution >= 4 is 41.1 Å². The molecule has 0 saturated carbocycles. The molecule has 0 fully saturated rings. The van der Waals surface area contributed by atoms with Crippen molar-refractivity contribution in [2.45, 2.75) is 6.92 Å². The first-order valence-electron chi connectivity index (χ1n) is 6.24. The molecule has 2 heterocycles. The number of aromatic carboxylic acids is 1. The van der Waals surface area contributed by atoms with E-state index in [1.54, 1.807) is 28.0 Å². The molecular weight excluding hydrogens is 342 g/mol. The third kappa shape index (κ3) is 2.47. The lowest BCUT2D eigenvalue weighted by Crippen LogP contribution is -2.02. The zero-order valence-corrected chi connectivity index (χ0v) is 13.7. The van der Waals surface area contributed by atoms with E-state index < -0.39 is 5.97 Å².